The second-order valence-corrected chi connectivity index (χ2v) is 6.14. The molecule has 0 bridgehead atoms. The van der Waals surface area contributed by atoms with E-state index in [2.05, 4.69) is 18.3 Å². The lowest BCUT2D eigenvalue weighted by molar-refractivity contribution is -0.185. The van der Waals surface area contributed by atoms with Crippen LogP contribution in [-0.2, 0) is 19.7 Å². The highest BCUT2D eigenvalue weighted by Gasteiger charge is 2.54. The van der Waals surface area contributed by atoms with Gasteiger partial charge in [-0.3, -0.25) is 4.79 Å². The largest absolute Gasteiger partial charge is 0.348 e. The molecule has 1 aromatic carbocycles. The highest BCUT2D eigenvalue weighted by Crippen LogP contribution is 2.52. The molecule has 0 radical (unpaired) electrons. The van der Waals surface area contributed by atoms with Gasteiger partial charge in [-0.2, -0.15) is 0 Å². The average molecular weight is 273 g/mol. The molecule has 1 aromatic rings. The summed E-state index contributed by atoms with van der Waals surface area (Å²) in [7, 11) is 0. The summed E-state index contributed by atoms with van der Waals surface area (Å²) in [6.45, 7) is 3.44. The first kappa shape index (κ1) is 12.4. The molecule has 1 N–H and O–H groups in total. The van der Waals surface area contributed by atoms with Gasteiger partial charge in [-0.05, 0) is 37.0 Å². The molecule has 2 heterocycles. The standard InChI is InChI=1S/C16H19NO3/c1-11-3-2-4-12-13(11)15(14(18)17-12)5-7-16(8-6-15)19-9-10-20-16/h2-4H,5-10H2,1H3,(H,17,18). The molecule has 0 unspecified atom stereocenters. The summed E-state index contributed by atoms with van der Waals surface area (Å²) in [4.78, 5) is 12.6. The van der Waals surface area contributed by atoms with E-state index in [1.54, 1.807) is 0 Å². The van der Waals surface area contributed by atoms with Crippen LogP contribution in [0.5, 0.6) is 0 Å². The van der Waals surface area contributed by atoms with Crippen molar-refractivity contribution >= 4 is 11.6 Å². The van der Waals surface area contributed by atoms with E-state index in [1.165, 1.54) is 11.1 Å². The first-order chi connectivity index (χ1) is 9.65. The minimum Gasteiger partial charge on any atom is -0.348 e. The summed E-state index contributed by atoms with van der Waals surface area (Å²) < 4.78 is 11.6. The van der Waals surface area contributed by atoms with Crippen LogP contribution in [0.2, 0.25) is 0 Å². The molecule has 2 fully saturated rings. The number of hydrogen-bond donors (Lipinski definition) is 1. The molecule has 3 aliphatic rings. The lowest BCUT2D eigenvalue weighted by atomic mass is 9.67. The van der Waals surface area contributed by atoms with Crippen molar-refractivity contribution in [2.45, 2.75) is 43.8 Å². The fourth-order valence-electron chi connectivity index (χ4n) is 4.08. The van der Waals surface area contributed by atoms with E-state index in [1.807, 2.05) is 12.1 Å². The van der Waals surface area contributed by atoms with Crippen LogP contribution in [0.25, 0.3) is 0 Å². The van der Waals surface area contributed by atoms with Gasteiger partial charge in [0.1, 0.15) is 0 Å². The number of anilines is 1. The molecule has 4 nitrogen and oxygen atoms in total. The van der Waals surface area contributed by atoms with Crippen LogP contribution in [0.15, 0.2) is 18.2 Å². The number of amides is 1. The molecule has 1 saturated heterocycles. The monoisotopic (exact) mass is 273 g/mol. The molecule has 1 aliphatic carbocycles. The van der Waals surface area contributed by atoms with Gasteiger partial charge in [0, 0.05) is 18.5 Å². The van der Waals surface area contributed by atoms with Gasteiger partial charge in [-0.25, -0.2) is 0 Å². The Kier molecular flexibility index (Phi) is 2.51. The molecule has 4 heteroatoms. The normalized spacial score (nSPS) is 25.9. The van der Waals surface area contributed by atoms with Crippen molar-refractivity contribution < 1.29 is 14.3 Å². The van der Waals surface area contributed by atoms with Crippen molar-refractivity contribution in [3.05, 3.63) is 29.3 Å². The molecule has 0 aromatic heterocycles. The summed E-state index contributed by atoms with van der Waals surface area (Å²) in [6.07, 6.45) is 3.20. The molecule has 2 spiro atoms. The van der Waals surface area contributed by atoms with E-state index in [-0.39, 0.29) is 11.3 Å². The average Bonchev–Trinajstić information content (AvgIpc) is 2.99. The van der Waals surface area contributed by atoms with Crippen LogP contribution in [0.1, 0.15) is 36.8 Å². The first-order valence-corrected chi connectivity index (χ1v) is 7.35. The van der Waals surface area contributed by atoms with Crippen LogP contribution in [0, 0.1) is 6.92 Å². The SMILES string of the molecule is Cc1cccc2c1C1(CCC3(CC1)OCCO3)C(=O)N2. The maximum absolute atomic E-state index is 12.6. The Bertz CT molecular complexity index is 565. The van der Waals surface area contributed by atoms with E-state index in [0.29, 0.717) is 13.2 Å². The van der Waals surface area contributed by atoms with Crippen molar-refractivity contribution in [3.8, 4) is 0 Å². The van der Waals surface area contributed by atoms with Crippen molar-refractivity contribution in [2.75, 3.05) is 18.5 Å². The Labute approximate surface area is 118 Å². The van der Waals surface area contributed by atoms with Crippen LogP contribution >= 0.6 is 0 Å². The lowest BCUT2D eigenvalue weighted by Crippen LogP contribution is -2.45. The third-order valence-corrected chi connectivity index (χ3v) is 5.11. The molecular formula is C16H19NO3. The van der Waals surface area contributed by atoms with E-state index in [0.717, 1.165) is 31.4 Å². The number of nitrogens with one attached hydrogen (secondary N) is 1. The fourth-order valence-corrected chi connectivity index (χ4v) is 4.08. The maximum Gasteiger partial charge on any atom is 0.235 e. The minimum atomic E-state index is -0.420. The van der Waals surface area contributed by atoms with Crippen LogP contribution in [0.4, 0.5) is 5.69 Å². The summed E-state index contributed by atoms with van der Waals surface area (Å²) in [5.74, 6) is -0.272. The zero-order valence-corrected chi connectivity index (χ0v) is 11.7. The first-order valence-electron chi connectivity index (χ1n) is 7.35. The Morgan fingerprint density at radius 2 is 1.80 bits per heavy atom. The van der Waals surface area contributed by atoms with Gasteiger partial charge in [-0.15, -0.1) is 0 Å². The zero-order valence-electron chi connectivity index (χ0n) is 11.7. The molecule has 1 saturated carbocycles. The molecule has 20 heavy (non-hydrogen) atoms. The summed E-state index contributed by atoms with van der Waals surface area (Å²) in [5.41, 5.74) is 3.00. The van der Waals surface area contributed by atoms with Crippen molar-refractivity contribution in [3.63, 3.8) is 0 Å². The second-order valence-electron chi connectivity index (χ2n) is 6.14. The van der Waals surface area contributed by atoms with E-state index in [4.69, 9.17) is 9.47 Å². The number of aryl methyl sites for hydroxylation is 1. The van der Waals surface area contributed by atoms with Crippen LogP contribution < -0.4 is 5.32 Å². The fraction of sp³-hybridized carbons (Fsp3) is 0.562. The second kappa shape index (κ2) is 4.06. The smallest absolute Gasteiger partial charge is 0.235 e. The quantitative estimate of drug-likeness (QED) is 0.790. The van der Waals surface area contributed by atoms with E-state index >= 15 is 0 Å². The van der Waals surface area contributed by atoms with Gasteiger partial charge in [0.25, 0.3) is 0 Å². The predicted octanol–water partition coefficient (Wildman–Crippen LogP) is 2.50. The van der Waals surface area contributed by atoms with Crippen molar-refractivity contribution in [2.24, 2.45) is 0 Å². The lowest BCUT2D eigenvalue weighted by Gasteiger charge is -2.40. The highest BCUT2D eigenvalue weighted by atomic mass is 16.7. The molecule has 4 rings (SSSR count). The third-order valence-electron chi connectivity index (χ3n) is 5.11. The molecule has 0 atom stereocenters. The number of carbonyl (C=O) groups is 1. The van der Waals surface area contributed by atoms with Crippen LogP contribution in [-0.4, -0.2) is 24.9 Å². The Morgan fingerprint density at radius 3 is 2.50 bits per heavy atom. The topological polar surface area (TPSA) is 47.6 Å². The van der Waals surface area contributed by atoms with Gasteiger partial charge in [0.15, 0.2) is 5.79 Å². The minimum absolute atomic E-state index is 0.148. The number of ether oxygens (including phenoxy) is 2. The van der Waals surface area contributed by atoms with E-state index in [9.17, 15) is 4.79 Å². The number of hydrogen-bond acceptors (Lipinski definition) is 3. The summed E-state index contributed by atoms with van der Waals surface area (Å²) in [5, 5.41) is 3.06. The van der Waals surface area contributed by atoms with Gasteiger partial charge in [-0.1, -0.05) is 12.1 Å². The molecule has 1 amide bonds. The summed E-state index contributed by atoms with van der Waals surface area (Å²) in [6, 6.07) is 6.09. The van der Waals surface area contributed by atoms with Crippen molar-refractivity contribution in [1.29, 1.82) is 0 Å². The van der Waals surface area contributed by atoms with E-state index < -0.39 is 5.79 Å². The third kappa shape index (κ3) is 1.52. The number of benzene rings is 1. The van der Waals surface area contributed by atoms with Crippen LogP contribution in [0.3, 0.4) is 0 Å². The highest BCUT2D eigenvalue weighted by molar-refractivity contribution is 6.06. The van der Waals surface area contributed by atoms with Gasteiger partial charge in [0.2, 0.25) is 5.91 Å². The number of fused-ring (bicyclic) bond motifs is 2. The maximum atomic E-state index is 12.6. The van der Waals surface area contributed by atoms with Gasteiger partial charge in [0.05, 0.1) is 18.6 Å². The van der Waals surface area contributed by atoms with Gasteiger partial charge >= 0.3 is 0 Å². The summed E-state index contributed by atoms with van der Waals surface area (Å²) >= 11 is 0. The Hall–Kier alpha value is -1.39. The number of carbonyl (C=O) groups excluding carboxylic acids is 1. The Balaban J connectivity index is 1.71. The zero-order chi connectivity index (χ0) is 13.8. The molecule has 106 valence electrons. The van der Waals surface area contributed by atoms with Gasteiger partial charge < -0.3 is 14.8 Å². The van der Waals surface area contributed by atoms with Crippen molar-refractivity contribution in [1.82, 2.24) is 0 Å². The predicted molar refractivity (Wildman–Crippen MR) is 74.6 cm³/mol. The Morgan fingerprint density at radius 1 is 1.10 bits per heavy atom. The molecular weight excluding hydrogens is 254 g/mol. The molecule has 2 aliphatic heterocycles. The number of rotatable bonds is 0.